The fourth-order valence-electron chi connectivity index (χ4n) is 3.34. The van der Waals surface area contributed by atoms with Crippen LogP contribution in [0.5, 0.6) is 11.5 Å². The molecule has 1 N–H and O–H groups in total. The van der Waals surface area contributed by atoms with E-state index in [2.05, 4.69) is 10.5 Å². The number of amides is 2. The molecule has 2 heterocycles. The number of carbonyl (C=O) groups is 2. The normalized spacial score (nSPS) is 20.1. The number of nitrogens with zero attached hydrogens (tertiary/aromatic N) is 2. The van der Waals surface area contributed by atoms with Crippen molar-refractivity contribution in [3.8, 4) is 11.5 Å². The summed E-state index contributed by atoms with van der Waals surface area (Å²) in [6.45, 7) is 1.43. The molecule has 0 aromatic heterocycles. The maximum atomic E-state index is 12.5. The second kappa shape index (κ2) is 7.55. The molecule has 134 valence electrons. The van der Waals surface area contributed by atoms with Gasteiger partial charge in [0.25, 0.3) is 5.91 Å². The van der Waals surface area contributed by atoms with Gasteiger partial charge in [0.1, 0.15) is 5.71 Å². The van der Waals surface area contributed by atoms with Crippen LogP contribution in [-0.2, 0) is 16.0 Å². The summed E-state index contributed by atoms with van der Waals surface area (Å²) in [7, 11) is 3.25. The number of benzene rings is 1. The molecule has 0 radical (unpaired) electrons. The van der Waals surface area contributed by atoms with Crippen LogP contribution in [0.25, 0.3) is 0 Å². The lowest BCUT2D eigenvalue weighted by atomic mass is 9.98. The van der Waals surface area contributed by atoms with Gasteiger partial charge in [-0.2, -0.15) is 5.10 Å². The molecule has 1 saturated heterocycles. The van der Waals surface area contributed by atoms with Gasteiger partial charge in [-0.1, -0.05) is 6.07 Å². The van der Waals surface area contributed by atoms with Gasteiger partial charge < -0.3 is 14.4 Å². The molecular weight excluding hydrogens is 322 g/mol. The molecule has 0 bridgehead atoms. The Morgan fingerprint density at radius 3 is 2.76 bits per heavy atom. The molecule has 7 nitrogen and oxygen atoms in total. The number of nitrogens with one attached hydrogen (secondary N) is 1. The standard InChI is InChI=1S/C18H23N3O4/c1-24-15-5-3-12(10-16(15)25-2)9-13-7-8-21(11-13)18(23)14-4-6-17(22)20-19-14/h3,5,10,13H,4,6-9,11H2,1-2H3,(H,20,22). The molecule has 2 amide bonds. The Balaban J connectivity index is 1.60. The predicted octanol–water partition coefficient (Wildman–Crippen LogP) is 1.36. The smallest absolute Gasteiger partial charge is 0.270 e. The zero-order valence-electron chi connectivity index (χ0n) is 14.6. The fraction of sp³-hybridized carbons (Fsp3) is 0.500. The summed E-state index contributed by atoms with van der Waals surface area (Å²) in [5, 5.41) is 3.90. The van der Waals surface area contributed by atoms with Gasteiger partial charge in [0.2, 0.25) is 5.91 Å². The number of carbonyl (C=O) groups excluding carboxylic acids is 2. The van der Waals surface area contributed by atoms with Crippen LogP contribution in [0.2, 0.25) is 0 Å². The average Bonchev–Trinajstić information content (AvgIpc) is 3.10. The van der Waals surface area contributed by atoms with Crippen LogP contribution in [0.15, 0.2) is 23.3 Å². The van der Waals surface area contributed by atoms with Crippen molar-refractivity contribution in [2.45, 2.75) is 25.7 Å². The molecule has 2 aliphatic heterocycles. The number of hydrogen-bond donors (Lipinski definition) is 1. The molecule has 25 heavy (non-hydrogen) atoms. The van der Waals surface area contributed by atoms with E-state index in [0.717, 1.165) is 25.1 Å². The van der Waals surface area contributed by atoms with Gasteiger partial charge in [-0.25, -0.2) is 5.43 Å². The zero-order chi connectivity index (χ0) is 17.8. The topological polar surface area (TPSA) is 80.2 Å². The van der Waals surface area contributed by atoms with Crippen LogP contribution in [0, 0.1) is 5.92 Å². The summed E-state index contributed by atoms with van der Waals surface area (Å²) in [5.41, 5.74) is 4.00. The Bertz CT molecular complexity index is 702. The summed E-state index contributed by atoms with van der Waals surface area (Å²) in [5.74, 6) is 1.64. The van der Waals surface area contributed by atoms with E-state index in [4.69, 9.17) is 9.47 Å². The van der Waals surface area contributed by atoms with Crippen LogP contribution in [0.1, 0.15) is 24.8 Å². The van der Waals surface area contributed by atoms with Gasteiger partial charge in [0, 0.05) is 25.9 Å². The van der Waals surface area contributed by atoms with E-state index in [-0.39, 0.29) is 11.8 Å². The van der Waals surface area contributed by atoms with Crippen molar-refractivity contribution in [1.29, 1.82) is 0 Å². The molecule has 1 aromatic rings. The maximum absolute atomic E-state index is 12.5. The third kappa shape index (κ3) is 3.92. The van der Waals surface area contributed by atoms with Gasteiger partial charge in [-0.05, 0) is 36.5 Å². The minimum atomic E-state index is -0.135. The monoisotopic (exact) mass is 345 g/mol. The summed E-state index contributed by atoms with van der Waals surface area (Å²) in [4.78, 5) is 25.5. The molecular formula is C18H23N3O4. The van der Waals surface area contributed by atoms with Crippen molar-refractivity contribution < 1.29 is 19.1 Å². The highest BCUT2D eigenvalue weighted by Crippen LogP contribution is 2.30. The first kappa shape index (κ1) is 17.3. The molecule has 0 aliphatic carbocycles. The fourth-order valence-corrected chi connectivity index (χ4v) is 3.34. The number of methoxy groups -OCH3 is 2. The van der Waals surface area contributed by atoms with Gasteiger partial charge >= 0.3 is 0 Å². The van der Waals surface area contributed by atoms with Crippen LogP contribution in [0.3, 0.4) is 0 Å². The van der Waals surface area contributed by atoms with Crippen molar-refractivity contribution >= 4 is 17.5 Å². The number of hydrazone groups is 1. The highest BCUT2D eigenvalue weighted by molar-refractivity contribution is 6.39. The molecule has 7 heteroatoms. The largest absolute Gasteiger partial charge is 0.493 e. The highest BCUT2D eigenvalue weighted by atomic mass is 16.5. The number of rotatable bonds is 5. The van der Waals surface area contributed by atoms with Gasteiger partial charge in [0.05, 0.1) is 14.2 Å². The van der Waals surface area contributed by atoms with E-state index in [1.54, 1.807) is 14.2 Å². The third-order valence-electron chi connectivity index (χ3n) is 4.70. The van der Waals surface area contributed by atoms with Crippen molar-refractivity contribution in [2.75, 3.05) is 27.3 Å². The number of ether oxygens (including phenoxy) is 2. The molecule has 0 spiro atoms. The van der Waals surface area contributed by atoms with E-state index >= 15 is 0 Å². The number of likely N-dealkylation sites (tertiary alicyclic amines) is 1. The minimum absolute atomic E-state index is 0.0604. The lowest BCUT2D eigenvalue weighted by Crippen LogP contribution is -2.39. The lowest BCUT2D eigenvalue weighted by molar-refractivity contribution is -0.123. The number of hydrogen-bond acceptors (Lipinski definition) is 5. The first-order chi connectivity index (χ1) is 12.1. The molecule has 1 aromatic carbocycles. The van der Waals surface area contributed by atoms with Crippen molar-refractivity contribution in [3.05, 3.63) is 23.8 Å². The van der Waals surface area contributed by atoms with Crippen molar-refractivity contribution in [1.82, 2.24) is 10.3 Å². The van der Waals surface area contributed by atoms with Crippen LogP contribution < -0.4 is 14.9 Å². The zero-order valence-corrected chi connectivity index (χ0v) is 14.6. The SMILES string of the molecule is COc1ccc(CC2CCN(C(=O)C3=NNC(=O)CC3)C2)cc1OC. The summed E-state index contributed by atoms with van der Waals surface area (Å²) in [6, 6.07) is 5.93. The van der Waals surface area contributed by atoms with Crippen LogP contribution >= 0.6 is 0 Å². The molecule has 3 rings (SSSR count). The van der Waals surface area contributed by atoms with Gasteiger partial charge in [-0.3, -0.25) is 9.59 Å². The lowest BCUT2D eigenvalue weighted by Gasteiger charge is -2.19. The van der Waals surface area contributed by atoms with E-state index < -0.39 is 0 Å². The Kier molecular flexibility index (Phi) is 5.21. The third-order valence-corrected chi connectivity index (χ3v) is 4.70. The maximum Gasteiger partial charge on any atom is 0.270 e. The molecule has 1 unspecified atom stereocenters. The van der Waals surface area contributed by atoms with E-state index in [1.807, 2.05) is 23.1 Å². The Hall–Kier alpha value is -2.57. The van der Waals surface area contributed by atoms with E-state index in [9.17, 15) is 9.59 Å². The molecule has 1 atom stereocenters. The first-order valence-corrected chi connectivity index (χ1v) is 8.46. The summed E-state index contributed by atoms with van der Waals surface area (Å²) >= 11 is 0. The highest BCUT2D eigenvalue weighted by Gasteiger charge is 2.30. The Morgan fingerprint density at radius 1 is 1.28 bits per heavy atom. The van der Waals surface area contributed by atoms with E-state index in [1.165, 1.54) is 5.56 Å². The second-order valence-corrected chi connectivity index (χ2v) is 6.39. The van der Waals surface area contributed by atoms with Crippen molar-refractivity contribution in [2.24, 2.45) is 11.0 Å². The van der Waals surface area contributed by atoms with Gasteiger partial charge in [0.15, 0.2) is 11.5 Å². The predicted molar refractivity (Wildman–Crippen MR) is 92.7 cm³/mol. The summed E-state index contributed by atoms with van der Waals surface area (Å²) < 4.78 is 10.6. The molecule has 0 saturated carbocycles. The first-order valence-electron chi connectivity index (χ1n) is 8.46. The Morgan fingerprint density at radius 2 is 2.08 bits per heavy atom. The Labute approximate surface area is 147 Å². The second-order valence-electron chi connectivity index (χ2n) is 6.39. The van der Waals surface area contributed by atoms with Crippen molar-refractivity contribution in [3.63, 3.8) is 0 Å². The van der Waals surface area contributed by atoms with Crippen LogP contribution in [0.4, 0.5) is 0 Å². The minimum Gasteiger partial charge on any atom is -0.493 e. The molecule has 1 fully saturated rings. The summed E-state index contributed by atoms with van der Waals surface area (Å²) in [6.07, 6.45) is 2.59. The van der Waals surface area contributed by atoms with E-state index in [0.29, 0.717) is 36.8 Å². The van der Waals surface area contributed by atoms with Crippen LogP contribution in [-0.4, -0.2) is 49.7 Å². The molecule has 2 aliphatic rings. The van der Waals surface area contributed by atoms with Gasteiger partial charge in [-0.15, -0.1) is 0 Å². The average molecular weight is 345 g/mol. The quantitative estimate of drug-likeness (QED) is 0.874.